The number of nitrogens with zero attached hydrogens (tertiary/aromatic N) is 1. The summed E-state index contributed by atoms with van der Waals surface area (Å²) in [5.74, 6) is 0.243. The topological polar surface area (TPSA) is 23.5 Å². The molecule has 0 amide bonds. The molecule has 1 saturated heterocycles. The summed E-state index contributed by atoms with van der Waals surface area (Å²) in [6, 6.07) is 5.09. The molecule has 1 unspecified atom stereocenters. The zero-order chi connectivity index (χ0) is 13.1. The Morgan fingerprint density at radius 1 is 1.44 bits per heavy atom. The standard InChI is InChI=1S/C14H19BrFNO/c1-10(18)11-5-7-17(8-6-11)9-12-13(15)3-2-4-14(12)16/h2-4,10-11,18H,5-9H2,1H3. The molecule has 1 atom stereocenters. The number of hydrogen-bond donors (Lipinski definition) is 1. The fourth-order valence-electron chi connectivity index (χ4n) is 2.50. The normalized spacial score (nSPS) is 20.0. The van der Waals surface area contributed by atoms with Crippen LogP contribution in [-0.2, 0) is 6.54 Å². The van der Waals surface area contributed by atoms with Crippen molar-refractivity contribution in [3.05, 3.63) is 34.1 Å². The molecular weight excluding hydrogens is 297 g/mol. The van der Waals surface area contributed by atoms with Gasteiger partial charge in [0.25, 0.3) is 0 Å². The summed E-state index contributed by atoms with van der Waals surface area (Å²) in [6.45, 7) is 4.35. The minimum absolute atomic E-state index is 0.151. The molecule has 0 aromatic heterocycles. The highest BCUT2D eigenvalue weighted by Gasteiger charge is 2.23. The average molecular weight is 316 g/mol. The summed E-state index contributed by atoms with van der Waals surface area (Å²) in [5, 5.41) is 9.56. The number of likely N-dealkylation sites (tertiary alicyclic amines) is 1. The minimum atomic E-state index is -0.229. The zero-order valence-electron chi connectivity index (χ0n) is 10.6. The molecule has 1 aromatic rings. The molecule has 0 saturated carbocycles. The third kappa shape index (κ3) is 3.31. The van der Waals surface area contributed by atoms with Crippen LogP contribution in [0.5, 0.6) is 0 Å². The molecule has 100 valence electrons. The highest BCUT2D eigenvalue weighted by Crippen LogP contribution is 2.25. The van der Waals surface area contributed by atoms with Gasteiger partial charge in [0.1, 0.15) is 5.82 Å². The molecule has 4 heteroatoms. The summed E-state index contributed by atoms with van der Waals surface area (Å²) in [4.78, 5) is 2.25. The summed E-state index contributed by atoms with van der Waals surface area (Å²) in [5.41, 5.74) is 0.730. The van der Waals surface area contributed by atoms with Crippen molar-refractivity contribution in [2.24, 2.45) is 5.92 Å². The number of benzene rings is 1. The van der Waals surface area contributed by atoms with E-state index in [0.717, 1.165) is 36.0 Å². The lowest BCUT2D eigenvalue weighted by molar-refractivity contribution is 0.0691. The van der Waals surface area contributed by atoms with Crippen molar-refractivity contribution in [2.75, 3.05) is 13.1 Å². The van der Waals surface area contributed by atoms with E-state index in [2.05, 4.69) is 20.8 Å². The van der Waals surface area contributed by atoms with Gasteiger partial charge in [-0.1, -0.05) is 22.0 Å². The van der Waals surface area contributed by atoms with Gasteiger partial charge in [-0.3, -0.25) is 4.90 Å². The van der Waals surface area contributed by atoms with Crippen molar-refractivity contribution < 1.29 is 9.50 Å². The van der Waals surface area contributed by atoms with Crippen LogP contribution in [-0.4, -0.2) is 29.2 Å². The van der Waals surface area contributed by atoms with Gasteiger partial charge < -0.3 is 5.11 Å². The first kappa shape index (κ1) is 14.0. The highest BCUT2D eigenvalue weighted by atomic mass is 79.9. The Bertz CT molecular complexity index is 383. The molecule has 1 aliphatic heterocycles. The van der Waals surface area contributed by atoms with E-state index in [4.69, 9.17) is 0 Å². The van der Waals surface area contributed by atoms with E-state index in [0.29, 0.717) is 12.5 Å². The maximum absolute atomic E-state index is 13.7. The smallest absolute Gasteiger partial charge is 0.128 e. The number of piperidine rings is 1. The fourth-order valence-corrected chi connectivity index (χ4v) is 2.97. The number of rotatable bonds is 3. The molecule has 1 aliphatic rings. The first-order chi connectivity index (χ1) is 8.58. The van der Waals surface area contributed by atoms with Crippen molar-refractivity contribution in [3.63, 3.8) is 0 Å². The predicted octanol–water partition coefficient (Wildman–Crippen LogP) is 3.18. The van der Waals surface area contributed by atoms with Crippen molar-refractivity contribution in [1.29, 1.82) is 0 Å². The number of aliphatic hydroxyl groups excluding tert-OH is 1. The van der Waals surface area contributed by atoms with Gasteiger partial charge in [0.2, 0.25) is 0 Å². The summed E-state index contributed by atoms with van der Waals surface area (Å²) >= 11 is 3.40. The van der Waals surface area contributed by atoms with Crippen LogP contribution >= 0.6 is 15.9 Å². The molecule has 1 fully saturated rings. The first-order valence-corrected chi connectivity index (χ1v) is 7.20. The van der Waals surface area contributed by atoms with E-state index in [-0.39, 0.29) is 11.9 Å². The first-order valence-electron chi connectivity index (χ1n) is 6.41. The summed E-state index contributed by atoms with van der Waals surface area (Å²) in [7, 11) is 0. The van der Waals surface area contributed by atoms with E-state index in [9.17, 15) is 9.50 Å². The largest absolute Gasteiger partial charge is 0.393 e. The van der Waals surface area contributed by atoms with Gasteiger partial charge in [-0.15, -0.1) is 0 Å². The Balaban J connectivity index is 1.96. The Morgan fingerprint density at radius 3 is 2.67 bits per heavy atom. The van der Waals surface area contributed by atoms with E-state index in [1.807, 2.05) is 13.0 Å². The van der Waals surface area contributed by atoms with Crippen LogP contribution in [0.1, 0.15) is 25.3 Å². The van der Waals surface area contributed by atoms with Gasteiger partial charge in [-0.25, -0.2) is 4.39 Å². The SMILES string of the molecule is CC(O)C1CCN(Cc2c(F)cccc2Br)CC1. The van der Waals surface area contributed by atoms with Crippen LogP contribution in [0, 0.1) is 11.7 Å². The predicted molar refractivity (Wildman–Crippen MR) is 73.8 cm³/mol. The molecule has 1 aromatic carbocycles. The van der Waals surface area contributed by atoms with Crippen LogP contribution < -0.4 is 0 Å². The molecule has 2 rings (SSSR count). The van der Waals surface area contributed by atoms with Gasteiger partial charge in [0, 0.05) is 16.6 Å². The molecule has 1 N–H and O–H groups in total. The maximum Gasteiger partial charge on any atom is 0.128 e. The summed E-state index contributed by atoms with van der Waals surface area (Å²) in [6.07, 6.45) is 1.75. The van der Waals surface area contributed by atoms with E-state index >= 15 is 0 Å². The minimum Gasteiger partial charge on any atom is -0.393 e. The van der Waals surface area contributed by atoms with Crippen molar-refractivity contribution in [2.45, 2.75) is 32.4 Å². The van der Waals surface area contributed by atoms with Crippen LogP contribution in [0.25, 0.3) is 0 Å². The lowest BCUT2D eigenvalue weighted by atomic mass is 9.92. The van der Waals surface area contributed by atoms with Crippen molar-refractivity contribution in [3.8, 4) is 0 Å². The molecular formula is C14H19BrFNO. The van der Waals surface area contributed by atoms with Gasteiger partial charge in [-0.05, 0) is 50.9 Å². The van der Waals surface area contributed by atoms with Gasteiger partial charge in [0.05, 0.1) is 6.10 Å². The Morgan fingerprint density at radius 2 is 2.11 bits per heavy atom. The number of halogens is 2. The third-order valence-electron chi connectivity index (χ3n) is 3.76. The lowest BCUT2D eigenvalue weighted by Crippen LogP contribution is -2.36. The van der Waals surface area contributed by atoms with E-state index in [1.165, 1.54) is 6.07 Å². The van der Waals surface area contributed by atoms with Gasteiger partial charge in [0.15, 0.2) is 0 Å². The molecule has 0 spiro atoms. The van der Waals surface area contributed by atoms with Crippen LogP contribution in [0.4, 0.5) is 4.39 Å². The second-order valence-electron chi connectivity index (χ2n) is 5.05. The maximum atomic E-state index is 13.7. The molecule has 0 bridgehead atoms. The molecule has 0 radical (unpaired) electrons. The lowest BCUT2D eigenvalue weighted by Gasteiger charge is -2.33. The number of hydrogen-bond acceptors (Lipinski definition) is 2. The molecule has 2 nitrogen and oxygen atoms in total. The molecule has 18 heavy (non-hydrogen) atoms. The van der Waals surface area contributed by atoms with Crippen molar-refractivity contribution >= 4 is 15.9 Å². The van der Waals surface area contributed by atoms with E-state index < -0.39 is 0 Å². The molecule has 1 heterocycles. The monoisotopic (exact) mass is 315 g/mol. The quantitative estimate of drug-likeness (QED) is 0.926. The second kappa shape index (κ2) is 6.13. The Kier molecular flexibility index (Phi) is 4.76. The zero-order valence-corrected chi connectivity index (χ0v) is 12.2. The number of aliphatic hydroxyl groups is 1. The van der Waals surface area contributed by atoms with Gasteiger partial charge >= 0.3 is 0 Å². The van der Waals surface area contributed by atoms with E-state index in [1.54, 1.807) is 6.07 Å². The Labute approximate surface area is 116 Å². The van der Waals surface area contributed by atoms with Gasteiger partial charge in [-0.2, -0.15) is 0 Å². The summed E-state index contributed by atoms with van der Waals surface area (Å²) < 4.78 is 14.5. The van der Waals surface area contributed by atoms with Crippen molar-refractivity contribution in [1.82, 2.24) is 4.90 Å². The average Bonchev–Trinajstić information content (AvgIpc) is 2.34. The fraction of sp³-hybridized carbons (Fsp3) is 0.571. The molecule has 0 aliphatic carbocycles. The van der Waals surface area contributed by atoms with Crippen LogP contribution in [0.2, 0.25) is 0 Å². The van der Waals surface area contributed by atoms with Crippen LogP contribution in [0.15, 0.2) is 22.7 Å². The Hall–Kier alpha value is -0.450. The highest BCUT2D eigenvalue weighted by molar-refractivity contribution is 9.10. The third-order valence-corrected chi connectivity index (χ3v) is 4.50. The second-order valence-corrected chi connectivity index (χ2v) is 5.91. The van der Waals surface area contributed by atoms with Crippen LogP contribution in [0.3, 0.4) is 0 Å².